The Labute approximate surface area is 195 Å². The molecule has 4 nitrogen and oxygen atoms in total. The fourth-order valence-electron chi connectivity index (χ4n) is 3.93. The van der Waals surface area contributed by atoms with E-state index in [0.29, 0.717) is 15.6 Å². The van der Waals surface area contributed by atoms with Crippen LogP contribution in [-0.2, 0) is 6.54 Å². The van der Waals surface area contributed by atoms with Crippen LogP contribution in [0.15, 0.2) is 78.3 Å². The molecule has 3 aromatic carbocycles. The van der Waals surface area contributed by atoms with Gasteiger partial charge in [0.1, 0.15) is 16.6 Å². The lowest BCUT2D eigenvalue weighted by Gasteiger charge is -2.05. The minimum atomic E-state index is 0.492. The van der Waals surface area contributed by atoms with E-state index in [9.17, 15) is 5.26 Å². The third-order valence-electron chi connectivity index (χ3n) is 5.47. The average Bonchev–Trinajstić information content (AvgIpc) is 3.43. The number of nitrogens with zero attached hydrogens (tertiary/aromatic N) is 3. The molecule has 0 aliphatic heterocycles. The second kappa shape index (κ2) is 8.51. The summed E-state index contributed by atoms with van der Waals surface area (Å²) in [5.74, 6) is 0. The molecule has 32 heavy (non-hydrogen) atoms. The molecule has 0 atom stereocenters. The number of nitrogens with one attached hydrogen (secondary N) is 1. The highest BCUT2D eigenvalue weighted by atomic mass is 35.5. The van der Waals surface area contributed by atoms with Crippen molar-refractivity contribution in [3.05, 3.63) is 88.3 Å². The van der Waals surface area contributed by atoms with E-state index in [2.05, 4.69) is 64.3 Å². The van der Waals surface area contributed by atoms with Crippen LogP contribution in [0.25, 0.3) is 38.6 Å². The summed E-state index contributed by atoms with van der Waals surface area (Å²) in [5.41, 5.74) is 5.66. The van der Waals surface area contributed by atoms with Crippen molar-refractivity contribution in [1.29, 1.82) is 5.26 Å². The fraction of sp³-hybridized carbons (Fsp3) is 0.0769. The van der Waals surface area contributed by atoms with Gasteiger partial charge in [-0.3, -0.25) is 0 Å². The number of aryl methyl sites for hydroxylation is 1. The highest BCUT2D eigenvalue weighted by molar-refractivity contribution is 7.11. The highest BCUT2D eigenvalue weighted by Crippen LogP contribution is 2.31. The first-order chi connectivity index (χ1) is 15.7. The molecule has 0 spiro atoms. The lowest BCUT2D eigenvalue weighted by atomic mass is 10.1. The van der Waals surface area contributed by atoms with E-state index in [1.54, 1.807) is 6.20 Å². The minimum absolute atomic E-state index is 0.492. The summed E-state index contributed by atoms with van der Waals surface area (Å²) < 4.78 is 2.32. The van der Waals surface area contributed by atoms with Gasteiger partial charge in [-0.15, -0.1) is 11.3 Å². The normalized spacial score (nSPS) is 11.7. The Kier molecular flexibility index (Phi) is 5.40. The van der Waals surface area contributed by atoms with Gasteiger partial charge in [0.15, 0.2) is 0 Å². The SMILES string of the molecule is CCn1c2ccccc2c2cc(N/C=C(\C#N)c3nc(-c4ccc(Cl)cc4)cs3)ccc21. The van der Waals surface area contributed by atoms with Crippen LogP contribution >= 0.6 is 22.9 Å². The first-order valence-corrected chi connectivity index (χ1v) is 11.5. The van der Waals surface area contributed by atoms with Gasteiger partial charge in [0.25, 0.3) is 0 Å². The van der Waals surface area contributed by atoms with Crippen LogP contribution in [0.3, 0.4) is 0 Å². The summed E-state index contributed by atoms with van der Waals surface area (Å²) in [7, 11) is 0. The predicted molar refractivity (Wildman–Crippen MR) is 135 cm³/mol. The number of thiazole rings is 1. The maximum Gasteiger partial charge on any atom is 0.136 e. The summed E-state index contributed by atoms with van der Waals surface area (Å²) in [6, 6.07) is 24.5. The molecule has 0 fully saturated rings. The standard InChI is InChI=1S/C26H19ClN4S/c1-2-31-24-6-4-3-5-21(24)22-13-20(11-12-25(22)31)29-15-18(14-28)26-30-23(16-32-26)17-7-9-19(27)10-8-17/h3-13,15-16,29H,2H2,1H3/b18-15+. The second-order valence-corrected chi connectivity index (χ2v) is 8.65. The molecular weight excluding hydrogens is 436 g/mol. The molecule has 5 rings (SSSR count). The topological polar surface area (TPSA) is 53.6 Å². The maximum atomic E-state index is 9.71. The van der Waals surface area contributed by atoms with Crippen molar-refractivity contribution >= 4 is 56.0 Å². The highest BCUT2D eigenvalue weighted by Gasteiger charge is 2.11. The molecule has 0 aliphatic rings. The minimum Gasteiger partial charge on any atom is -0.360 e. The van der Waals surface area contributed by atoms with E-state index < -0.39 is 0 Å². The Morgan fingerprint density at radius 2 is 1.88 bits per heavy atom. The second-order valence-electron chi connectivity index (χ2n) is 7.35. The van der Waals surface area contributed by atoms with Crippen LogP contribution in [-0.4, -0.2) is 9.55 Å². The molecule has 1 N–H and O–H groups in total. The van der Waals surface area contributed by atoms with Gasteiger partial charge >= 0.3 is 0 Å². The largest absolute Gasteiger partial charge is 0.360 e. The predicted octanol–water partition coefficient (Wildman–Crippen LogP) is 7.57. The maximum absolute atomic E-state index is 9.71. The monoisotopic (exact) mass is 454 g/mol. The van der Waals surface area contributed by atoms with Crippen LogP contribution < -0.4 is 5.32 Å². The number of nitriles is 1. The lowest BCUT2D eigenvalue weighted by Crippen LogP contribution is -1.94. The zero-order valence-electron chi connectivity index (χ0n) is 17.3. The van der Waals surface area contributed by atoms with Crippen LogP contribution in [0.5, 0.6) is 0 Å². The summed E-state index contributed by atoms with van der Waals surface area (Å²) >= 11 is 7.42. The number of benzene rings is 3. The van der Waals surface area contributed by atoms with Crippen molar-refractivity contribution in [2.75, 3.05) is 5.32 Å². The zero-order valence-corrected chi connectivity index (χ0v) is 18.9. The quantitative estimate of drug-likeness (QED) is 0.278. The van der Waals surface area contributed by atoms with E-state index in [-0.39, 0.29) is 0 Å². The van der Waals surface area contributed by atoms with E-state index in [0.717, 1.165) is 23.5 Å². The van der Waals surface area contributed by atoms with Crippen molar-refractivity contribution in [3.63, 3.8) is 0 Å². The molecule has 2 heterocycles. The Morgan fingerprint density at radius 3 is 2.66 bits per heavy atom. The van der Waals surface area contributed by atoms with Gasteiger partial charge in [0.2, 0.25) is 0 Å². The van der Waals surface area contributed by atoms with Gasteiger partial charge in [0, 0.05) is 56.2 Å². The van der Waals surface area contributed by atoms with Crippen LogP contribution in [0.1, 0.15) is 11.9 Å². The number of anilines is 1. The van der Waals surface area contributed by atoms with Gasteiger partial charge in [-0.05, 0) is 43.3 Å². The number of fused-ring (bicyclic) bond motifs is 3. The van der Waals surface area contributed by atoms with Gasteiger partial charge in [0.05, 0.1) is 5.69 Å². The molecule has 0 unspecified atom stereocenters. The van der Waals surface area contributed by atoms with Crippen molar-refractivity contribution < 1.29 is 0 Å². The number of halogens is 1. The average molecular weight is 455 g/mol. The fourth-order valence-corrected chi connectivity index (χ4v) is 4.85. The van der Waals surface area contributed by atoms with Crippen molar-refractivity contribution in [1.82, 2.24) is 9.55 Å². The molecule has 6 heteroatoms. The van der Waals surface area contributed by atoms with E-state index in [1.165, 1.54) is 33.1 Å². The third-order valence-corrected chi connectivity index (χ3v) is 6.59. The van der Waals surface area contributed by atoms with Crippen LogP contribution in [0, 0.1) is 11.3 Å². The molecule has 0 saturated heterocycles. The number of allylic oxidation sites excluding steroid dienone is 1. The summed E-state index contributed by atoms with van der Waals surface area (Å²) in [4.78, 5) is 4.64. The van der Waals surface area contributed by atoms with Gasteiger partial charge in [-0.2, -0.15) is 5.26 Å². The summed E-state index contributed by atoms with van der Waals surface area (Å²) in [6.07, 6.45) is 1.73. The molecular formula is C26H19ClN4S. The summed E-state index contributed by atoms with van der Waals surface area (Å²) in [5, 5.41) is 18.7. The number of aromatic nitrogens is 2. The number of hydrogen-bond acceptors (Lipinski definition) is 4. The Balaban J connectivity index is 1.46. The zero-order chi connectivity index (χ0) is 22.1. The van der Waals surface area contributed by atoms with Gasteiger partial charge in [-0.1, -0.05) is 41.9 Å². The van der Waals surface area contributed by atoms with E-state index >= 15 is 0 Å². The van der Waals surface area contributed by atoms with Crippen molar-refractivity contribution in [3.8, 4) is 17.3 Å². The molecule has 0 aliphatic carbocycles. The number of rotatable bonds is 5. The summed E-state index contributed by atoms with van der Waals surface area (Å²) in [6.45, 7) is 3.07. The Hall–Kier alpha value is -3.59. The molecule has 0 bridgehead atoms. The third kappa shape index (κ3) is 3.64. The van der Waals surface area contributed by atoms with Crippen LogP contribution in [0.2, 0.25) is 5.02 Å². The smallest absolute Gasteiger partial charge is 0.136 e. The first kappa shape index (κ1) is 20.3. The molecule has 5 aromatic rings. The molecule has 0 saturated carbocycles. The van der Waals surface area contributed by atoms with Crippen molar-refractivity contribution in [2.24, 2.45) is 0 Å². The Morgan fingerprint density at radius 1 is 1.09 bits per heavy atom. The van der Waals surface area contributed by atoms with E-state index in [1.807, 2.05) is 35.7 Å². The van der Waals surface area contributed by atoms with Crippen LogP contribution in [0.4, 0.5) is 5.69 Å². The van der Waals surface area contributed by atoms with Crippen molar-refractivity contribution in [2.45, 2.75) is 13.5 Å². The Bertz CT molecular complexity index is 1500. The lowest BCUT2D eigenvalue weighted by molar-refractivity contribution is 0.827. The number of hydrogen-bond donors (Lipinski definition) is 1. The first-order valence-electron chi connectivity index (χ1n) is 10.3. The van der Waals surface area contributed by atoms with Gasteiger partial charge in [-0.25, -0.2) is 4.98 Å². The van der Waals surface area contributed by atoms with E-state index in [4.69, 9.17) is 11.6 Å². The van der Waals surface area contributed by atoms with Gasteiger partial charge < -0.3 is 9.88 Å². The molecule has 0 radical (unpaired) electrons. The number of para-hydroxylation sites is 1. The molecule has 0 amide bonds. The molecule has 156 valence electrons. The molecule has 2 aromatic heterocycles.